The zero-order valence-electron chi connectivity index (χ0n) is 17.1. The minimum Gasteiger partial charge on any atom is -0.352 e. The van der Waals surface area contributed by atoms with Crippen LogP contribution in [-0.2, 0) is 13.5 Å². The highest BCUT2D eigenvalue weighted by molar-refractivity contribution is 6.30. The van der Waals surface area contributed by atoms with Gasteiger partial charge in [-0.2, -0.15) is 4.98 Å². The molecule has 0 N–H and O–H groups in total. The Hall–Kier alpha value is -3.26. The van der Waals surface area contributed by atoms with Crippen LogP contribution in [0.3, 0.4) is 0 Å². The molecule has 0 radical (unpaired) electrons. The summed E-state index contributed by atoms with van der Waals surface area (Å²) in [5.41, 5.74) is 5.02. The lowest BCUT2D eigenvalue weighted by atomic mass is 10.0. The molecule has 30 heavy (non-hydrogen) atoms. The number of fused-ring (bicyclic) bond motifs is 3. The average molecular weight is 422 g/mol. The van der Waals surface area contributed by atoms with Gasteiger partial charge in [-0.1, -0.05) is 28.9 Å². The standard InChI is InChI=1S/C21H20ClN7O/c1-11-19-17(10-28(11)4)29-13(3)25-26-21(29)16(9-18-23-12(2)27-30-18)24-20(19)14-5-7-15(22)8-6-14/h5-8,10,16H,9H2,1-4H3/t16-/m0/s1. The predicted molar refractivity (Wildman–Crippen MR) is 112 cm³/mol. The van der Waals surface area contributed by atoms with Crippen molar-refractivity contribution in [1.82, 2.24) is 29.5 Å². The van der Waals surface area contributed by atoms with Gasteiger partial charge in [0.15, 0.2) is 11.6 Å². The van der Waals surface area contributed by atoms with Gasteiger partial charge in [0.1, 0.15) is 11.9 Å². The Bertz CT molecular complexity index is 1280. The first-order chi connectivity index (χ1) is 14.4. The Balaban J connectivity index is 1.76. The molecule has 0 amide bonds. The van der Waals surface area contributed by atoms with Gasteiger partial charge in [0.2, 0.25) is 5.89 Å². The first-order valence-electron chi connectivity index (χ1n) is 9.64. The number of aryl methyl sites for hydroxylation is 3. The highest BCUT2D eigenvalue weighted by atomic mass is 35.5. The van der Waals surface area contributed by atoms with Crippen molar-refractivity contribution in [2.45, 2.75) is 33.2 Å². The molecule has 0 aliphatic carbocycles. The molecule has 0 saturated heterocycles. The molecule has 4 aromatic rings. The summed E-state index contributed by atoms with van der Waals surface area (Å²) in [4.78, 5) is 9.53. The van der Waals surface area contributed by atoms with Crippen LogP contribution in [0.5, 0.6) is 0 Å². The third-order valence-corrected chi connectivity index (χ3v) is 5.68. The fourth-order valence-electron chi connectivity index (χ4n) is 3.89. The number of aromatic nitrogens is 6. The summed E-state index contributed by atoms with van der Waals surface area (Å²) in [5.74, 6) is 2.67. The van der Waals surface area contributed by atoms with E-state index in [1.54, 1.807) is 6.92 Å². The van der Waals surface area contributed by atoms with Crippen LogP contribution in [0.15, 0.2) is 40.0 Å². The van der Waals surface area contributed by atoms with E-state index < -0.39 is 0 Å². The summed E-state index contributed by atoms with van der Waals surface area (Å²) in [6.45, 7) is 5.84. The molecule has 4 heterocycles. The average Bonchev–Trinajstić information content (AvgIpc) is 3.35. The van der Waals surface area contributed by atoms with Crippen LogP contribution >= 0.6 is 11.6 Å². The Labute approximate surface area is 178 Å². The number of hydrogen-bond donors (Lipinski definition) is 0. The summed E-state index contributed by atoms with van der Waals surface area (Å²) in [5, 5.41) is 13.4. The number of aliphatic imine (C=N–C) groups is 1. The van der Waals surface area contributed by atoms with E-state index in [4.69, 9.17) is 21.1 Å². The van der Waals surface area contributed by atoms with Crippen LogP contribution in [0, 0.1) is 20.8 Å². The Morgan fingerprint density at radius 3 is 2.57 bits per heavy atom. The van der Waals surface area contributed by atoms with E-state index in [2.05, 4.69) is 42.6 Å². The largest absolute Gasteiger partial charge is 0.352 e. The molecule has 0 unspecified atom stereocenters. The second-order valence-electron chi connectivity index (χ2n) is 7.47. The van der Waals surface area contributed by atoms with Crippen LogP contribution in [0.2, 0.25) is 5.02 Å². The molecular weight excluding hydrogens is 402 g/mol. The zero-order chi connectivity index (χ0) is 21.0. The SMILES string of the molecule is Cc1noc(C[C@@H]2N=C(c3ccc(Cl)cc3)c3c(cn(C)c3C)-n3c(C)nnc32)n1. The zero-order valence-corrected chi connectivity index (χ0v) is 17.8. The van der Waals surface area contributed by atoms with Gasteiger partial charge in [0, 0.05) is 35.1 Å². The minimum atomic E-state index is -0.325. The molecule has 152 valence electrons. The van der Waals surface area contributed by atoms with E-state index in [1.807, 2.05) is 38.2 Å². The maximum Gasteiger partial charge on any atom is 0.229 e. The summed E-state index contributed by atoms with van der Waals surface area (Å²) in [6.07, 6.45) is 2.53. The molecule has 1 aliphatic rings. The van der Waals surface area contributed by atoms with E-state index in [0.717, 1.165) is 39.9 Å². The van der Waals surface area contributed by atoms with Crippen molar-refractivity contribution in [2.75, 3.05) is 0 Å². The third-order valence-electron chi connectivity index (χ3n) is 5.43. The number of nitrogens with zero attached hydrogens (tertiary/aromatic N) is 7. The molecule has 1 aromatic carbocycles. The van der Waals surface area contributed by atoms with Crippen LogP contribution in [0.25, 0.3) is 5.69 Å². The van der Waals surface area contributed by atoms with Gasteiger partial charge in [-0.25, -0.2) is 0 Å². The fraction of sp³-hybridized carbons (Fsp3) is 0.286. The lowest BCUT2D eigenvalue weighted by Gasteiger charge is -2.11. The highest BCUT2D eigenvalue weighted by Gasteiger charge is 2.31. The van der Waals surface area contributed by atoms with Crippen LogP contribution in [-0.4, -0.2) is 35.2 Å². The summed E-state index contributed by atoms with van der Waals surface area (Å²) >= 11 is 6.14. The summed E-state index contributed by atoms with van der Waals surface area (Å²) < 4.78 is 9.55. The predicted octanol–water partition coefficient (Wildman–Crippen LogP) is 3.70. The number of benzene rings is 1. The topological polar surface area (TPSA) is 86.9 Å². The monoisotopic (exact) mass is 421 g/mol. The van der Waals surface area contributed by atoms with Crippen molar-refractivity contribution in [2.24, 2.45) is 12.0 Å². The molecule has 1 aliphatic heterocycles. The number of rotatable bonds is 3. The molecule has 0 spiro atoms. The van der Waals surface area contributed by atoms with Crippen LogP contribution in [0.1, 0.15) is 46.2 Å². The second kappa shape index (κ2) is 6.91. The molecule has 0 saturated carbocycles. The first-order valence-corrected chi connectivity index (χ1v) is 10.0. The van der Waals surface area contributed by atoms with Crippen molar-refractivity contribution in [3.8, 4) is 5.69 Å². The lowest BCUT2D eigenvalue weighted by Crippen LogP contribution is -2.10. The number of halogens is 1. The van der Waals surface area contributed by atoms with Gasteiger partial charge in [-0.3, -0.25) is 9.56 Å². The first kappa shape index (κ1) is 18.7. The molecule has 5 rings (SSSR count). The molecule has 9 heteroatoms. The molecule has 3 aromatic heterocycles. The molecular formula is C21H20ClN7O. The maximum absolute atomic E-state index is 6.14. The van der Waals surface area contributed by atoms with Gasteiger partial charge in [0.25, 0.3) is 0 Å². The van der Waals surface area contributed by atoms with Crippen LogP contribution in [0.4, 0.5) is 0 Å². The third kappa shape index (κ3) is 2.95. The van der Waals surface area contributed by atoms with Gasteiger partial charge < -0.3 is 9.09 Å². The van der Waals surface area contributed by atoms with E-state index in [-0.39, 0.29) is 6.04 Å². The van der Waals surface area contributed by atoms with Crippen molar-refractivity contribution in [3.05, 3.63) is 75.7 Å². The quantitative estimate of drug-likeness (QED) is 0.503. The van der Waals surface area contributed by atoms with E-state index in [9.17, 15) is 0 Å². The summed E-state index contributed by atoms with van der Waals surface area (Å²) in [7, 11) is 2.03. The van der Waals surface area contributed by atoms with Crippen molar-refractivity contribution < 1.29 is 4.52 Å². The lowest BCUT2D eigenvalue weighted by molar-refractivity contribution is 0.364. The van der Waals surface area contributed by atoms with Crippen LogP contribution < -0.4 is 0 Å². The second-order valence-corrected chi connectivity index (χ2v) is 7.90. The Morgan fingerprint density at radius 2 is 1.87 bits per heavy atom. The van der Waals surface area contributed by atoms with Crippen molar-refractivity contribution in [3.63, 3.8) is 0 Å². The van der Waals surface area contributed by atoms with Gasteiger partial charge in [-0.05, 0) is 32.9 Å². The van der Waals surface area contributed by atoms with Gasteiger partial charge in [-0.15, -0.1) is 10.2 Å². The molecule has 1 atom stereocenters. The van der Waals surface area contributed by atoms with Crippen molar-refractivity contribution >= 4 is 17.3 Å². The minimum absolute atomic E-state index is 0.325. The van der Waals surface area contributed by atoms with Gasteiger partial charge in [0.05, 0.1) is 17.8 Å². The normalized spacial score (nSPS) is 15.5. The molecule has 0 fully saturated rings. The fourth-order valence-corrected chi connectivity index (χ4v) is 4.02. The summed E-state index contributed by atoms with van der Waals surface area (Å²) in [6, 6.07) is 7.41. The number of hydrogen-bond acceptors (Lipinski definition) is 6. The Morgan fingerprint density at radius 1 is 1.10 bits per heavy atom. The molecule has 8 nitrogen and oxygen atoms in total. The van der Waals surface area contributed by atoms with Gasteiger partial charge >= 0.3 is 0 Å². The van der Waals surface area contributed by atoms with E-state index in [1.165, 1.54) is 0 Å². The Kier molecular flexibility index (Phi) is 4.32. The van der Waals surface area contributed by atoms with E-state index >= 15 is 0 Å². The van der Waals surface area contributed by atoms with E-state index in [0.29, 0.717) is 23.2 Å². The smallest absolute Gasteiger partial charge is 0.229 e. The molecule has 0 bridgehead atoms. The maximum atomic E-state index is 6.14. The van der Waals surface area contributed by atoms with Crippen molar-refractivity contribution in [1.29, 1.82) is 0 Å². The highest BCUT2D eigenvalue weighted by Crippen LogP contribution is 2.34.